The summed E-state index contributed by atoms with van der Waals surface area (Å²) in [5.41, 5.74) is 15.2. The SMILES string of the molecule is CCOc1cc(Cc2cnc(N)nc2N)cc(OS(=O)(=O)N(C)C)c1-c1ccc2[nH]ccc2c1. The van der Waals surface area contributed by atoms with E-state index in [2.05, 4.69) is 15.0 Å². The predicted molar refractivity (Wildman–Crippen MR) is 132 cm³/mol. The van der Waals surface area contributed by atoms with E-state index in [1.807, 2.05) is 43.5 Å². The molecular formula is C23H26N6O4S. The van der Waals surface area contributed by atoms with Gasteiger partial charge in [-0.3, -0.25) is 0 Å². The zero-order valence-corrected chi connectivity index (χ0v) is 19.9. The molecule has 178 valence electrons. The van der Waals surface area contributed by atoms with Crippen LogP contribution in [0.25, 0.3) is 22.0 Å². The minimum atomic E-state index is -4.04. The van der Waals surface area contributed by atoms with Crippen LogP contribution in [0.4, 0.5) is 11.8 Å². The maximum absolute atomic E-state index is 12.7. The fourth-order valence-electron chi connectivity index (χ4n) is 3.55. The predicted octanol–water partition coefficient (Wildman–Crippen LogP) is 2.96. The average molecular weight is 483 g/mol. The van der Waals surface area contributed by atoms with E-state index in [9.17, 15) is 8.42 Å². The van der Waals surface area contributed by atoms with Gasteiger partial charge < -0.3 is 25.4 Å². The minimum Gasteiger partial charge on any atom is -0.493 e. The van der Waals surface area contributed by atoms with Crippen LogP contribution in [0.3, 0.4) is 0 Å². The summed E-state index contributed by atoms with van der Waals surface area (Å²) in [5.74, 6) is 0.942. The molecule has 0 fully saturated rings. The van der Waals surface area contributed by atoms with E-state index in [1.165, 1.54) is 14.1 Å². The summed E-state index contributed by atoms with van der Waals surface area (Å²) in [4.78, 5) is 11.2. The Labute approximate surface area is 197 Å². The number of nitrogen functional groups attached to an aromatic ring is 2. The number of hydrogen-bond acceptors (Lipinski definition) is 8. The lowest BCUT2D eigenvalue weighted by Crippen LogP contribution is -2.27. The van der Waals surface area contributed by atoms with Crippen LogP contribution in [0.1, 0.15) is 18.1 Å². The number of rotatable bonds is 8. The molecule has 0 atom stereocenters. The second-order valence-electron chi connectivity index (χ2n) is 7.82. The molecule has 0 unspecified atom stereocenters. The summed E-state index contributed by atoms with van der Waals surface area (Å²) in [7, 11) is -1.24. The van der Waals surface area contributed by atoms with Crippen LogP contribution in [0.5, 0.6) is 11.5 Å². The number of fused-ring (bicyclic) bond motifs is 1. The number of H-pyrrole nitrogens is 1. The van der Waals surface area contributed by atoms with Crippen molar-refractivity contribution < 1.29 is 17.3 Å². The highest BCUT2D eigenvalue weighted by Gasteiger charge is 2.23. The molecule has 4 aromatic rings. The highest BCUT2D eigenvalue weighted by Crippen LogP contribution is 2.42. The molecule has 0 aliphatic rings. The second kappa shape index (κ2) is 9.20. The molecule has 0 amide bonds. The van der Waals surface area contributed by atoms with Crippen molar-refractivity contribution in [2.45, 2.75) is 13.3 Å². The summed E-state index contributed by atoms with van der Waals surface area (Å²) in [6.07, 6.45) is 3.71. The average Bonchev–Trinajstić information content (AvgIpc) is 3.23. The molecule has 0 radical (unpaired) electrons. The fourth-order valence-corrected chi connectivity index (χ4v) is 4.06. The molecule has 0 aliphatic carbocycles. The quantitative estimate of drug-likeness (QED) is 0.347. The molecule has 0 saturated carbocycles. The van der Waals surface area contributed by atoms with Gasteiger partial charge in [0.05, 0.1) is 12.2 Å². The molecule has 0 bridgehead atoms. The lowest BCUT2D eigenvalue weighted by Gasteiger charge is -2.19. The van der Waals surface area contributed by atoms with E-state index in [1.54, 1.807) is 12.3 Å². The highest BCUT2D eigenvalue weighted by molar-refractivity contribution is 7.84. The van der Waals surface area contributed by atoms with E-state index in [0.29, 0.717) is 35.5 Å². The fraction of sp³-hybridized carbons (Fsp3) is 0.217. The number of anilines is 2. The molecule has 0 saturated heterocycles. The standard InChI is InChI=1S/C23H26N6O4S/c1-4-32-19-10-14(9-17-13-27-23(25)28-22(17)24)11-20(33-34(30,31)29(2)3)21(19)16-5-6-18-15(12-16)7-8-26-18/h5-8,10-13,26H,4,9H2,1-3H3,(H4,24,25,27,28). The van der Waals surface area contributed by atoms with Crippen molar-refractivity contribution in [3.63, 3.8) is 0 Å². The zero-order chi connectivity index (χ0) is 24.5. The number of aromatic amines is 1. The first kappa shape index (κ1) is 23.3. The van der Waals surface area contributed by atoms with Crippen molar-refractivity contribution in [3.8, 4) is 22.6 Å². The van der Waals surface area contributed by atoms with Crippen LogP contribution >= 0.6 is 0 Å². The van der Waals surface area contributed by atoms with Crippen LogP contribution < -0.4 is 20.4 Å². The Balaban J connectivity index is 1.90. The van der Waals surface area contributed by atoms with Gasteiger partial charge >= 0.3 is 10.3 Å². The minimum absolute atomic E-state index is 0.0767. The number of nitrogens with two attached hydrogens (primary N) is 2. The molecule has 2 heterocycles. The Morgan fingerprint density at radius 1 is 1.09 bits per heavy atom. The van der Waals surface area contributed by atoms with Gasteiger partial charge in [-0.1, -0.05) is 6.07 Å². The maximum atomic E-state index is 12.7. The third-order valence-electron chi connectivity index (χ3n) is 5.22. The summed E-state index contributed by atoms with van der Waals surface area (Å²) < 4.78 is 37.9. The van der Waals surface area contributed by atoms with Crippen molar-refractivity contribution in [2.24, 2.45) is 0 Å². The van der Waals surface area contributed by atoms with E-state index in [-0.39, 0.29) is 17.5 Å². The third kappa shape index (κ3) is 4.75. The van der Waals surface area contributed by atoms with Gasteiger partial charge in [0, 0.05) is 44.0 Å². The van der Waals surface area contributed by atoms with E-state index in [4.69, 9.17) is 20.4 Å². The Morgan fingerprint density at radius 2 is 1.85 bits per heavy atom. The monoisotopic (exact) mass is 482 g/mol. The second-order valence-corrected chi connectivity index (χ2v) is 9.57. The number of ether oxygens (including phenoxy) is 1. The molecule has 11 heteroatoms. The molecule has 2 aromatic heterocycles. The Hall–Kier alpha value is -3.83. The van der Waals surface area contributed by atoms with Gasteiger partial charge in [-0.05, 0) is 53.8 Å². The number of nitrogens with one attached hydrogen (secondary N) is 1. The number of hydrogen-bond donors (Lipinski definition) is 3. The first-order chi connectivity index (χ1) is 16.2. The van der Waals surface area contributed by atoms with Crippen LogP contribution in [-0.2, 0) is 16.7 Å². The van der Waals surface area contributed by atoms with Gasteiger partial charge in [0.2, 0.25) is 5.95 Å². The van der Waals surface area contributed by atoms with Gasteiger partial charge in [-0.15, -0.1) is 0 Å². The van der Waals surface area contributed by atoms with Crippen molar-refractivity contribution in [2.75, 3.05) is 32.2 Å². The molecule has 34 heavy (non-hydrogen) atoms. The Kier molecular flexibility index (Phi) is 6.31. The summed E-state index contributed by atoms with van der Waals surface area (Å²) >= 11 is 0. The van der Waals surface area contributed by atoms with Gasteiger partial charge in [0.15, 0.2) is 5.75 Å². The van der Waals surface area contributed by atoms with E-state index in [0.717, 1.165) is 20.8 Å². The lowest BCUT2D eigenvalue weighted by atomic mass is 9.97. The third-order valence-corrected chi connectivity index (χ3v) is 6.51. The van der Waals surface area contributed by atoms with Gasteiger partial charge in [-0.25, -0.2) is 4.98 Å². The van der Waals surface area contributed by atoms with Crippen molar-refractivity contribution >= 4 is 33.0 Å². The first-order valence-corrected chi connectivity index (χ1v) is 11.9. The van der Waals surface area contributed by atoms with Crippen molar-refractivity contribution in [1.82, 2.24) is 19.3 Å². The van der Waals surface area contributed by atoms with Crippen molar-refractivity contribution in [3.05, 3.63) is 59.9 Å². The van der Waals surface area contributed by atoms with E-state index < -0.39 is 10.3 Å². The number of aromatic nitrogens is 3. The largest absolute Gasteiger partial charge is 0.493 e. The van der Waals surface area contributed by atoms with Crippen LogP contribution in [0.15, 0.2) is 48.8 Å². The highest BCUT2D eigenvalue weighted by atomic mass is 32.2. The van der Waals surface area contributed by atoms with Crippen molar-refractivity contribution in [1.29, 1.82) is 0 Å². The summed E-state index contributed by atoms with van der Waals surface area (Å²) in [5, 5.41) is 0.970. The molecule has 5 N–H and O–H groups in total. The maximum Gasteiger partial charge on any atom is 0.384 e. The molecule has 4 rings (SSSR count). The molecular weight excluding hydrogens is 456 g/mol. The normalized spacial score (nSPS) is 11.8. The van der Waals surface area contributed by atoms with Gasteiger partial charge in [0.1, 0.15) is 11.6 Å². The smallest absolute Gasteiger partial charge is 0.384 e. The first-order valence-electron chi connectivity index (χ1n) is 10.5. The number of nitrogens with zero attached hydrogens (tertiary/aromatic N) is 3. The van der Waals surface area contributed by atoms with Gasteiger partial charge in [-0.2, -0.15) is 17.7 Å². The van der Waals surface area contributed by atoms with Crippen LogP contribution in [0, 0.1) is 0 Å². The lowest BCUT2D eigenvalue weighted by molar-refractivity contribution is 0.340. The molecule has 10 nitrogen and oxygen atoms in total. The van der Waals surface area contributed by atoms with E-state index >= 15 is 0 Å². The van der Waals surface area contributed by atoms with Crippen LogP contribution in [0.2, 0.25) is 0 Å². The molecule has 0 aliphatic heterocycles. The Bertz CT molecular complexity index is 1450. The summed E-state index contributed by atoms with van der Waals surface area (Å²) in [6, 6.07) is 11.2. The molecule has 0 spiro atoms. The van der Waals surface area contributed by atoms with Gasteiger partial charge in [0.25, 0.3) is 0 Å². The summed E-state index contributed by atoms with van der Waals surface area (Å²) in [6.45, 7) is 2.23. The van der Waals surface area contributed by atoms with Crippen LogP contribution in [-0.4, -0.2) is 48.4 Å². The Morgan fingerprint density at radius 3 is 2.56 bits per heavy atom. The topological polar surface area (TPSA) is 149 Å². The molecule has 2 aromatic carbocycles. The zero-order valence-electron chi connectivity index (χ0n) is 19.1. The number of benzene rings is 2.